The van der Waals surface area contributed by atoms with Crippen molar-refractivity contribution >= 4 is 15.7 Å². The minimum absolute atomic E-state index is 0.00540. The highest BCUT2D eigenvalue weighted by Crippen LogP contribution is 2.14. The fourth-order valence-corrected chi connectivity index (χ4v) is 3.63. The van der Waals surface area contributed by atoms with Crippen LogP contribution in [0.1, 0.15) is 18.4 Å². The fourth-order valence-electron chi connectivity index (χ4n) is 2.36. The van der Waals surface area contributed by atoms with Crippen LogP contribution in [0.2, 0.25) is 0 Å². The number of hydrogen-bond donors (Lipinski definition) is 1. The van der Waals surface area contributed by atoms with Gasteiger partial charge in [-0.3, -0.25) is 9.69 Å². The summed E-state index contributed by atoms with van der Waals surface area (Å²) >= 11 is 0. The van der Waals surface area contributed by atoms with E-state index >= 15 is 0 Å². The van der Waals surface area contributed by atoms with E-state index in [1.54, 1.807) is 0 Å². The van der Waals surface area contributed by atoms with E-state index in [1.165, 1.54) is 0 Å². The van der Waals surface area contributed by atoms with Crippen molar-refractivity contribution in [1.29, 1.82) is 0 Å². The van der Waals surface area contributed by atoms with Crippen molar-refractivity contribution in [2.45, 2.75) is 12.8 Å². The lowest BCUT2D eigenvalue weighted by Gasteiger charge is -2.26. The zero-order chi connectivity index (χ0) is 15.3. The molecule has 1 amide bonds. The van der Waals surface area contributed by atoms with Crippen LogP contribution < -0.4 is 5.32 Å². The summed E-state index contributed by atoms with van der Waals surface area (Å²) in [5.41, 5.74) is 0.999. The highest BCUT2D eigenvalue weighted by Gasteiger charge is 2.21. The SMILES string of the molecule is CC(C(=O)NCCN1CCS(=O)(=O)CC1)c1ccccc1. The number of hydrogen-bond acceptors (Lipinski definition) is 4. The van der Waals surface area contributed by atoms with Gasteiger partial charge in [0.25, 0.3) is 0 Å². The van der Waals surface area contributed by atoms with Gasteiger partial charge in [0.15, 0.2) is 9.84 Å². The standard InChI is InChI=1S/C15H22N2O3S/c1-13(14-5-3-2-4-6-14)15(18)16-7-8-17-9-11-21(19,20)12-10-17/h2-6,13H,7-12H2,1H3,(H,16,18). The van der Waals surface area contributed by atoms with Gasteiger partial charge >= 0.3 is 0 Å². The monoisotopic (exact) mass is 310 g/mol. The largest absolute Gasteiger partial charge is 0.354 e. The summed E-state index contributed by atoms with van der Waals surface area (Å²) in [7, 11) is -2.84. The molecule has 0 spiro atoms. The molecular formula is C15H22N2O3S. The van der Waals surface area contributed by atoms with Gasteiger partial charge in [-0.1, -0.05) is 30.3 Å². The Morgan fingerprint density at radius 3 is 2.48 bits per heavy atom. The highest BCUT2D eigenvalue weighted by atomic mass is 32.2. The van der Waals surface area contributed by atoms with Crippen LogP contribution in [0.4, 0.5) is 0 Å². The Kier molecular flexibility index (Phi) is 5.36. The molecule has 0 saturated carbocycles. The lowest BCUT2D eigenvalue weighted by Crippen LogP contribution is -2.44. The maximum absolute atomic E-state index is 12.1. The minimum atomic E-state index is -2.84. The number of sulfone groups is 1. The van der Waals surface area contributed by atoms with Crippen LogP contribution in [0.3, 0.4) is 0 Å². The summed E-state index contributed by atoms with van der Waals surface area (Å²) in [4.78, 5) is 14.1. The van der Waals surface area contributed by atoms with Crippen molar-refractivity contribution in [2.75, 3.05) is 37.7 Å². The smallest absolute Gasteiger partial charge is 0.227 e. The zero-order valence-corrected chi connectivity index (χ0v) is 13.1. The average Bonchev–Trinajstić information content (AvgIpc) is 2.49. The lowest BCUT2D eigenvalue weighted by molar-refractivity contribution is -0.122. The van der Waals surface area contributed by atoms with Crippen molar-refractivity contribution < 1.29 is 13.2 Å². The molecule has 0 aromatic heterocycles. The number of rotatable bonds is 5. The van der Waals surface area contributed by atoms with Crippen molar-refractivity contribution in [3.63, 3.8) is 0 Å². The van der Waals surface area contributed by atoms with Crippen LogP contribution in [-0.4, -0.2) is 56.9 Å². The van der Waals surface area contributed by atoms with Gasteiger partial charge in [-0.2, -0.15) is 0 Å². The van der Waals surface area contributed by atoms with Crippen LogP contribution in [0.5, 0.6) is 0 Å². The molecular weight excluding hydrogens is 288 g/mol. The Morgan fingerprint density at radius 2 is 1.86 bits per heavy atom. The second-order valence-corrected chi connectivity index (χ2v) is 7.72. The molecule has 1 aliphatic heterocycles. The fraction of sp³-hybridized carbons (Fsp3) is 0.533. The Balaban J connectivity index is 1.72. The second-order valence-electron chi connectivity index (χ2n) is 5.42. The maximum Gasteiger partial charge on any atom is 0.227 e. The van der Waals surface area contributed by atoms with Gasteiger partial charge in [0.05, 0.1) is 17.4 Å². The zero-order valence-electron chi connectivity index (χ0n) is 12.3. The quantitative estimate of drug-likeness (QED) is 0.866. The molecule has 1 aromatic rings. The third kappa shape index (κ3) is 4.82. The van der Waals surface area contributed by atoms with E-state index < -0.39 is 9.84 Å². The molecule has 5 nitrogen and oxygen atoms in total. The van der Waals surface area contributed by atoms with Gasteiger partial charge in [-0.25, -0.2) is 8.42 Å². The average molecular weight is 310 g/mol. The van der Waals surface area contributed by atoms with Crippen LogP contribution in [0.15, 0.2) is 30.3 Å². The normalized spacial score (nSPS) is 19.9. The van der Waals surface area contributed by atoms with Crippen LogP contribution in [-0.2, 0) is 14.6 Å². The number of carbonyl (C=O) groups is 1. The topological polar surface area (TPSA) is 66.5 Å². The number of carbonyl (C=O) groups excluding carboxylic acids is 1. The summed E-state index contributed by atoms with van der Waals surface area (Å²) < 4.78 is 22.7. The predicted octanol–water partition coefficient (Wildman–Crippen LogP) is 0.637. The van der Waals surface area contributed by atoms with Gasteiger partial charge in [-0.05, 0) is 12.5 Å². The van der Waals surface area contributed by atoms with Crippen molar-refractivity contribution in [1.82, 2.24) is 10.2 Å². The maximum atomic E-state index is 12.1. The predicted molar refractivity (Wildman–Crippen MR) is 83.0 cm³/mol. The summed E-state index contributed by atoms with van der Waals surface area (Å²) in [5, 5.41) is 2.92. The van der Waals surface area contributed by atoms with Crippen LogP contribution in [0, 0.1) is 0 Å². The molecule has 6 heteroatoms. The molecule has 0 radical (unpaired) electrons. The van der Waals surface area contributed by atoms with E-state index in [0.29, 0.717) is 26.2 Å². The number of benzene rings is 1. The molecule has 1 fully saturated rings. The number of nitrogens with zero attached hydrogens (tertiary/aromatic N) is 1. The molecule has 1 unspecified atom stereocenters. The van der Waals surface area contributed by atoms with Crippen LogP contribution in [0.25, 0.3) is 0 Å². The molecule has 1 aliphatic rings. The molecule has 0 aliphatic carbocycles. The van der Waals surface area contributed by atoms with Crippen molar-refractivity contribution in [3.8, 4) is 0 Å². The van der Waals surface area contributed by atoms with Gasteiger partial charge < -0.3 is 5.32 Å². The third-order valence-corrected chi connectivity index (χ3v) is 5.47. The Morgan fingerprint density at radius 1 is 1.24 bits per heavy atom. The summed E-state index contributed by atoms with van der Waals surface area (Å²) in [6, 6.07) is 9.67. The van der Waals surface area contributed by atoms with Crippen molar-refractivity contribution in [2.24, 2.45) is 0 Å². The van der Waals surface area contributed by atoms with Crippen molar-refractivity contribution in [3.05, 3.63) is 35.9 Å². The molecule has 1 N–H and O–H groups in total. The summed E-state index contributed by atoms with van der Waals surface area (Å²) in [6.45, 7) is 4.26. The van der Waals surface area contributed by atoms with Gasteiger partial charge in [0.1, 0.15) is 0 Å². The molecule has 1 atom stereocenters. The van der Waals surface area contributed by atoms with Crippen LogP contribution >= 0.6 is 0 Å². The molecule has 2 rings (SSSR count). The Hall–Kier alpha value is -1.40. The first-order chi connectivity index (χ1) is 9.98. The Labute approximate surface area is 126 Å². The first-order valence-corrected chi connectivity index (χ1v) is 9.05. The number of amides is 1. The highest BCUT2D eigenvalue weighted by molar-refractivity contribution is 7.91. The molecule has 116 valence electrons. The molecule has 1 saturated heterocycles. The molecule has 1 heterocycles. The third-order valence-electron chi connectivity index (χ3n) is 3.86. The van der Waals surface area contributed by atoms with Gasteiger partial charge in [0, 0.05) is 26.2 Å². The molecule has 1 aromatic carbocycles. The number of nitrogens with one attached hydrogen (secondary N) is 1. The second kappa shape index (κ2) is 7.04. The molecule has 0 bridgehead atoms. The van der Waals surface area contributed by atoms with E-state index in [9.17, 15) is 13.2 Å². The van der Waals surface area contributed by atoms with Gasteiger partial charge in [-0.15, -0.1) is 0 Å². The minimum Gasteiger partial charge on any atom is -0.354 e. The lowest BCUT2D eigenvalue weighted by atomic mass is 10.0. The van der Waals surface area contributed by atoms with E-state index in [-0.39, 0.29) is 23.3 Å². The Bertz CT molecular complexity index is 558. The first-order valence-electron chi connectivity index (χ1n) is 7.23. The van der Waals surface area contributed by atoms with E-state index in [0.717, 1.165) is 5.56 Å². The van der Waals surface area contributed by atoms with E-state index in [4.69, 9.17) is 0 Å². The first kappa shape index (κ1) is 16.0. The van der Waals surface area contributed by atoms with E-state index in [2.05, 4.69) is 10.2 Å². The van der Waals surface area contributed by atoms with Gasteiger partial charge in [0.2, 0.25) is 5.91 Å². The molecule has 21 heavy (non-hydrogen) atoms. The van der Waals surface area contributed by atoms with E-state index in [1.807, 2.05) is 37.3 Å². The summed E-state index contributed by atoms with van der Waals surface area (Å²) in [5.74, 6) is 0.279. The summed E-state index contributed by atoms with van der Waals surface area (Å²) in [6.07, 6.45) is 0.